The first kappa shape index (κ1) is 23.5. The Kier molecular flexibility index (Phi) is 6.99. The van der Waals surface area contributed by atoms with Crippen LogP contribution in [0.1, 0.15) is 23.6 Å². The summed E-state index contributed by atoms with van der Waals surface area (Å²) in [5.74, 6) is -2.53. The number of morpholine rings is 1. The lowest BCUT2D eigenvalue weighted by molar-refractivity contribution is -0.384. The summed E-state index contributed by atoms with van der Waals surface area (Å²) in [4.78, 5) is 40.1. The van der Waals surface area contributed by atoms with Crippen molar-refractivity contribution in [3.05, 3.63) is 81.2 Å². The average molecular weight is 469 g/mol. The fraction of sp³-hybridized carbons (Fsp3) is 0.333. The van der Waals surface area contributed by atoms with E-state index in [1.54, 1.807) is 0 Å². The minimum atomic E-state index is -0.921. The second-order valence-corrected chi connectivity index (χ2v) is 8.16. The third kappa shape index (κ3) is 4.82. The molecule has 0 aromatic heterocycles. The molecule has 0 bridgehead atoms. The Bertz CT molecular complexity index is 1110. The van der Waals surface area contributed by atoms with Crippen molar-refractivity contribution >= 4 is 23.1 Å². The Labute approximate surface area is 195 Å². The van der Waals surface area contributed by atoms with Crippen LogP contribution in [0.2, 0.25) is 0 Å². The smallest absolute Gasteiger partial charge is 0.295 e. The van der Waals surface area contributed by atoms with E-state index >= 15 is 0 Å². The number of rotatable bonds is 7. The first-order chi connectivity index (χ1) is 16.4. The number of ketones is 1. The van der Waals surface area contributed by atoms with Gasteiger partial charge in [0.05, 0.1) is 29.8 Å². The van der Waals surface area contributed by atoms with Crippen LogP contribution in [0.25, 0.3) is 5.76 Å². The first-order valence-electron chi connectivity index (χ1n) is 11.0. The van der Waals surface area contributed by atoms with Gasteiger partial charge < -0.3 is 14.7 Å². The maximum Gasteiger partial charge on any atom is 0.295 e. The van der Waals surface area contributed by atoms with Gasteiger partial charge in [0.2, 0.25) is 0 Å². The van der Waals surface area contributed by atoms with Crippen molar-refractivity contribution in [2.45, 2.75) is 12.5 Å². The Balaban J connectivity index is 1.68. The van der Waals surface area contributed by atoms with Crippen molar-refractivity contribution in [1.82, 2.24) is 9.80 Å². The average Bonchev–Trinajstić information content (AvgIpc) is 3.10. The molecule has 4 rings (SSSR count). The lowest BCUT2D eigenvalue weighted by Crippen LogP contribution is -2.38. The monoisotopic (exact) mass is 469 g/mol. The second-order valence-electron chi connectivity index (χ2n) is 8.16. The van der Waals surface area contributed by atoms with Crippen LogP contribution >= 0.6 is 0 Å². The molecule has 10 heteroatoms. The molecule has 9 nitrogen and oxygen atoms in total. The molecule has 1 amide bonds. The summed E-state index contributed by atoms with van der Waals surface area (Å²) in [5.41, 5.74) is 0.392. The number of benzene rings is 2. The number of Topliss-reactive ketones (excluding diaryl/α,β-unsaturated/α-hetero) is 1. The third-order valence-corrected chi connectivity index (χ3v) is 6.05. The van der Waals surface area contributed by atoms with Gasteiger partial charge in [-0.2, -0.15) is 0 Å². The lowest BCUT2D eigenvalue weighted by atomic mass is 9.95. The molecule has 2 aliphatic rings. The molecular formula is C24H24FN3O6. The minimum absolute atomic E-state index is 0.128. The van der Waals surface area contributed by atoms with Crippen molar-refractivity contribution in [3.63, 3.8) is 0 Å². The molecule has 178 valence electrons. The highest BCUT2D eigenvalue weighted by molar-refractivity contribution is 6.46. The fourth-order valence-electron chi connectivity index (χ4n) is 4.29. The minimum Gasteiger partial charge on any atom is -0.507 e. The number of hydrogen-bond acceptors (Lipinski definition) is 7. The van der Waals surface area contributed by atoms with E-state index in [0.717, 1.165) is 25.2 Å². The fourth-order valence-corrected chi connectivity index (χ4v) is 4.29. The number of nitro groups is 1. The van der Waals surface area contributed by atoms with Crippen molar-refractivity contribution < 1.29 is 28.7 Å². The molecule has 2 aromatic carbocycles. The van der Waals surface area contributed by atoms with Crippen LogP contribution in [-0.4, -0.2) is 70.9 Å². The molecule has 0 saturated carbocycles. The highest BCUT2D eigenvalue weighted by Crippen LogP contribution is 2.39. The van der Waals surface area contributed by atoms with Crippen LogP contribution in [0.4, 0.5) is 10.1 Å². The Morgan fingerprint density at radius 1 is 1.06 bits per heavy atom. The number of ether oxygens (including phenoxy) is 1. The standard InChI is InChI=1S/C24H24FN3O6/c25-18-6-2-17(3-7-18)22(29)20-21(16-4-8-19(9-5-16)28(32)33)27(24(31)23(20)30)11-1-10-26-12-14-34-15-13-26/h2-9,21,29H,1,10-15H2/t21-/m1/s1. The van der Waals surface area contributed by atoms with Gasteiger partial charge >= 0.3 is 0 Å². The number of aliphatic hydroxyl groups is 1. The number of non-ortho nitro benzene ring substituents is 1. The van der Waals surface area contributed by atoms with Gasteiger partial charge in [-0.15, -0.1) is 0 Å². The Morgan fingerprint density at radius 2 is 1.71 bits per heavy atom. The number of hydrogen-bond donors (Lipinski definition) is 1. The SMILES string of the molecule is O=C1C(=O)N(CCCN2CCOCC2)[C@H](c2ccc([N+](=O)[O-])cc2)C1=C(O)c1ccc(F)cc1. The van der Waals surface area contributed by atoms with Gasteiger partial charge in [0.25, 0.3) is 17.4 Å². The van der Waals surface area contributed by atoms with E-state index in [2.05, 4.69) is 4.90 Å². The van der Waals surface area contributed by atoms with E-state index in [9.17, 15) is 29.2 Å². The van der Waals surface area contributed by atoms with Gasteiger partial charge in [-0.05, 0) is 48.4 Å². The molecule has 0 unspecified atom stereocenters. The second kappa shape index (κ2) is 10.1. The summed E-state index contributed by atoms with van der Waals surface area (Å²) in [6.45, 7) is 3.82. The van der Waals surface area contributed by atoms with Gasteiger partial charge in [0.15, 0.2) is 0 Å². The zero-order valence-electron chi connectivity index (χ0n) is 18.4. The Hall–Kier alpha value is -3.63. The number of amides is 1. The number of carbonyl (C=O) groups excluding carboxylic acids is 2. The van der Waals surface area contributed by atoms with Crippen LogP contribution in [0.5, 0.6) is 0 Å². The molecule has 0 radical (unpaired) electrons. The summed E-state index contributed by atoms with van der Waals surface area (Å²) >= 11 is 0. The molecule has 2 heterocycles. The highest BCUT2D eigenvalue weighted by atomic mass is 19.1. The van der Waals surface area contributed by atoms with Gasteiger partial charge in [-0.3, -0.25) is 24.6 Å². The van der Waals surface area contributed by atoms with E-state index in [1.807, 2.05) is 0 Å². The maximum atomic E-state index is 13.4. The van der Waals surface area contributed by atoms with Crippen molar-refractivity contribution in [2.75, 3.05) is 39.4 Å². The molecule has 2 aliphatic heterocycles. The first-order valence-corrected chi connectivity index (χ1v) is 11.0. The van der Waals surface area contributed by atoms with Crippen molar-refractivity contribution in [1.29, 1.82) is 0 Å². The van der Waals surface area contributed by atoms with Crippen LogP contribution in [0.15, 0.2) is 54.1 Å². The largest absolute Gasteiger partial charge is 0.507 e. The quantitative estimate of drug-likeness (QED) is 0.218. The van der Waals surface area contributed by atoms with E-state index in [1.165, 1.54) is 41.3 Å². The molecule has 34 heavy (non-hydrogen) atoms. The van der Waals surface area contributed by atoms with Crippen molar-refractivity contribution in [3.8, 4) is 0 Å². The predicted octanol–water partition coefficient (Wildman–Crippen LogP) is 2.88. The zero-order chi connectivity index (χ0) is 24.2. The van der Waals surface area contributed by atoms with Gasteiger partial charge in [-0.1, -0.05) is 0 Å². The number of nitrogens with zero attached hydrogens (tertiary/aromatic N) is 3. The number of aliphatic hydroxyl groups excluding tert-OH is 1. The van der Waals surface area contributed by atoms with Crippen LogP contribution in [-0.2, 0) is 14.3 Å². The highest BCUT2D eigenvalue weighted by Gasteiger charge is 2.45. The molecule has 2 fully saturated rings. The molecule has 0 spiro atoms. The third-order valence-electron chi connectivity index (χ3n) is 6.05. The lowest BCUT2D eigenvalue weighted by Gasteiger charge is -2.29. The number of halogens is 1. The molecule has 2 saturated heterocycles. The molecule has 1 N–H and O–H groups in total. The maximum absolute atomic E-state index is 13.4. The number of likely N-dealkylation sites (tertiary alicyclic amines) is 1. The van der Waals surface area contributed by atoms with E-state index in [-0.39, 0.29) is 23.4 Å². The van der Waals surface area contributed by atoms with Crippen LogP contribution in [0, 0.1) is 15.9 Å². The molecule has 1 atom stereocenters. The summed E-state index contributed by atoms with van der Waals surface area (Å²) < 4.78 is 18.7. The summed E-state index contributed by atoms with van der Waals surface area (Å²) in [5, 5.41) is 22.0. The normalized spacial score (nSPS) is 20.6. The number of carbonyl (C=O) groups is 2. The zero-order valence-corrected chi connectivity index (χ0v) is 18.4. The molecule has 0 aliphatic carbocycles. The van der Waals surface area contributed by atoms with E-state index < -0.39 is 34.2 Å². The summed E-state index contributed by atoms with van der Waals surface area (Å²) in [7, 11) is 0. The van der Waals surface area contributed by atoms with E-state index in [0.29, 0.717) is 31.7 Å². The van der Waals surface area contributed by atoms with Gasteiger partial charge in [-0.25, -0.2) is 4.39 Å². The van der Waals surface area contributed by atoms with Crippen LogP contribution in [0.3, 0.4) is 0 Å². The molecular weight excluding hydrogens is 445 g/mol. The van der Waals surface area contributed by atoms with Gasteiger partial charge in [0.1, 0.15) is 11.6 Å². The van der Waals surface area contributed by atoms with Gasteiger partial charge in [0, 0.05) is 43.9 Å². The van der Waals surface area contributed by atoms with Crippen molar-refractivity contribution in [2.24, 2.45) is 0 Å². The molecule has 2 aromatic rings. The summed E-state index contributed by atoms with van der Waals surface area (Å²) in [6.07, 6.45) is 0.590. The van der Waals surface area contributed by atoms with E-state index in [4.69, 9.17) is 4.74 Å². The predicted molar refractivity (Wildman–Crippen MR) is 120 cm³/mol. The summed E-state index contributed by atoms with van der Waals surface area (Å²) in [6, 6.07) is 9.55. The Morgan fingerprint density at radius 3 is 2.32 bits per heavy atom. The van der Waals surface area contributed by atoms with Crippen LogP contribution < -0.4 is 0 Å². The number of nitro benzene ring substituents is 1. The topological polar surface area (TPSA) is 113 Å².